The van der Waals surface area contributed by atoms with E-state index >= 15 is 0 Å². The summed E-state index contributed by atoms with van der Waals surface area (Å²) >= 11 is 0. The lowest BCUT2D eigenvalue weighted by molar-refractivity contribution is -0.117. The van der Waals surface area contributed by atoms with Crippen molar-refractivity contribution in [2.45, 2.75) is 45.6 Å². The van der Waals surface area contributed by atoms with Crippen molar-refractivity contribution in [2.75, 3.05) is 5.32 Å². The highest BCUT2D eigenvalue weighted by Gasteiger charge is 2.20. The van der Waals surface area contributed by atoms with Crippen LogP contribution in [0.3, 0.4) is 0 Å². The summed E-state index contributed by atoms with van der Waals surface area (Å²) in [5.74, 6) is 1.23. The van der Waals surface area contributed by atoms with Gasteiger partial charge in [0.15, 0.2) is 0 Å². The molecule has 1 fully saturated rings. The van der Waals surface area contributed by atoms with Gasteiger partial charge in [-0.3, -0.25) is 9.59 Å². The third kappa shape index (κ3) is 5.24. The van der Waals surface area contributed by atoms with Gasteiger partial charge in [-0.25, -0.2) is 9.97 Å². The van der Waals surface area contributed by atoms with E-state index < -0.39 is 0 Å². The lowest BCUT2D eigenvalue weighted by Gasteiger charge is -2.11. The van der Waals surface area contributed by atoms with E-state index in [9.17, 15) is 9.59 Å². The highest BCUT2D eigenvalue weighted by Crippen LogP contribution is 2.31. The van der Waals surface area contributed by atoms with Crippen LogP contribution in [-0.2, 0) is 11.3 Å². The molecule has 35 heavy (non-hydrogen) atoms. The van der Waals surface area contributed by atoms with E-state index in [4.69, 9.17) is 4.42 Å². The molecule has 178 valence electrons. The molecule has 0 saturated heterocycles. The summed E-state index contributed by atoms with van der Waals surface area (Å²) in [6.07, 6.45) is 5.20. The molecule has 0 aliphatic heterocycles. The zero-order chi connectivity index (χ0) is 24.2. The van der Waals surface area contributed by atoms with Crippen LogP contribution < -0.4 is 10.6 Å². The molecule has 1 aliphatic carbocycles. The van der Waals surface area contributed by atoms with Crippen LogP contribution in [0.5, 0.6) is 0 Å². The molecule has 2 amide bonds. The van der Waals surface area contributed by atoms with Gasteiger partial charge in [0.05, 0.1) is 23.3 Å². The number of anilines is 1. The van der Waals surface area contributed by atoms with E-state index in [-0.39, 0.29) is 18.4 Å². The van der Waals surface area contributed by atoms with Crippen LogP contribution in [-0.4, -0.2) is 21.8 Å². The Kier molecular flexibility index (Phi) is 6.57. The second kappa shape index (κ2) is 10.1. The molecule has 0 unspecified atom stereocenters. The third-order valence-corrected chi connectivity index (χ3v) is 6.52. The van der Waals surface area contributed by atoms with Crippen molar-refractivity contribution < 1.29 is 14.0 Å². The largest absolute Gasteiger partial charge is 0.441 e. The van der Waals surface area contributed by atoms with Gasteiger partial charge in [0, 0.05) is 11.8 Å². The first kappa shape index (κ1) is 22.8. The average Bonchev–Trinajstić information content (AvgIpc) is 3.51. The van der Waals surface area contributed by atoms with Gasteiger partial charge < -0.3 is 15.1 Å². The summed E-state index contributed by atoms with van der Waals surface area (Å²) < 4.78 is 5.92. The van der Waals surface area contributed by atoms with Crippen molar-refractivity contribution in [1.82, 2.24) is 15.3 Å². The maximum Gasteiger partial charge on any atom is 0.270 e. The first-order valence-corrected chi connectivity index (χ1v) is 12.1. The molecule has 7 nitrogen and oxygen atoms in total. The van der Waals surface area contributed by atoms with Gasteiger partial charge in [-0.2, -0.15) is 0 Å². The molecular weight excluding hydrogens is 440 g/mol. The molecule has 7 heteroatoms. The van der Waals surface area contributed by atoms with E-state index in [0.29, 0.717) is 46.6 Å². The zero-order valence-corrected chi connectivity index (χ0v) is 19.7. The van der Waals surface area contributed by atoms with Crippen LogP contribution in [0.1, 0.15) is 54.0 Å². The fourth-order valence-electron chi connectivity index (χ4n) is 4.61. The Morgan fingerprint density at radius 2 is 1.74 bits per heavy atom. The minimum atomic E-state index is -0.278. The van der Waals surface area contributed by atoms with Crippen LogP contribution in [0.15, 0.2) is 65.1 Å². The normalized spacial score (nSPS) is 13.7. The van der Waals surface area contributed by atoms with Crippen molar-refractivity contribution in [1.29, 1.82) is 0 Å². The van der Waals surface area contributed by atoms with Crippen LogP contribution >= 0.6 is 0 Å². The van der Waals surface area contributed by atoms with Crippen molar-refractivity contribution in [3.8, 4) is 11.5 Å². The van der Waals surface area contributed by atoms with Gasteiger partial charge in [0.1, 0.15) is 17.1 Å². The lowest BCUT2D eigenvalue weighted by Crippen LogP contribution is -2.24. The molecule has 0 atom stereocenters. The number of carbonyl (C=O) groups excluding carboxylic acids is 2. The Morgan fingerprint density at radius 3 is 2.60 bits per heavy atom. The van der Waals surface area contributed by atoms with Crippen molar-refractivity contribution in [3.63, 3.8) is 0 Å². The summed E-state index contributed by atoms with van der Waals surface area (Å²) in [7, 11) is 0. The molecule has 1 saturated carbocycles. The average molecular weight is 469 g/mol. The summed E-state index contributed by atoms with van der Waals surface area (Å²) in [6, 6.07) is 18.8. The summed E-state index contributed by atoms with van der Waals surface area (Å²) in [5.41, 5.74) is 3.13. The second-order valence-electron chi connectivity index (χ2n) is 9.04. The van der Waals surface area contributed by atoms with E-state index in [1.54, 1.807) is 6.07 Å². The van der Waals surface area contributed by atoms with Crippen LogP contribution in [0.25, 0.3) is 22.4 Å². The fraction of sp³-hybridized carbons (Fsp3) is 0.286. The highest BCUT2D eigenvalue weighted by atomic mass is 16.4. The number of nitrogens with zero attached hydrogens (tertiary/aromatic N) is 2. The Morgan fingerprint density at radius 1 is 0.971 bits per heavy atom. The quantitative estimate of drug-likeness (QED) is 0.365. The van der Waals surface area contributed by atoms with E-state index in [1.165, 1.54) is 12.8 Å². The molecule has 2 aromatic heterocycles. The molecule has 4 aromatic rings. The van der Waals surface area contributed by atoms with Gasteiger partial charge in [-0.1, -0.05) is 49.2 Å². The number of rotatable bonds is 7. The minimum absolute atomic E-state index is 0.0167. The Bertz CT molecular complexity index is 1370. The smallest absolute Gasteiger partial charge is 0.270 e. The first-order valence-electron chi connectivity index (χ1n) is 12.1. The number of aryl methyl sites for hydroxylation is 1. The second-order valence-corrected chi connectivity index (χ2v) is 9.04. The molecule has 2 N–H and O–H groups in total. The van der Waals surface area contributed by atoms with Crippen LogP contribution in [0.2, 0.25) is 0 Å². The first-order chi connectivity index (χ1) is 17.1. The van der Waals surface area contributed by atoms with Crippen LogP contribution in [0.4, 0.5) is 5.69 Å². The van der Waals surface area contributed by atoms with Gasteiger partial charge >= 0.3 is 0 Å². The van der Waals surface area contributed by atoms with E-state index in [2.05, 4.69) is 20.6 Å². The number of para-hydroxylation sites is 2. The summed E-state index contributed by atoms with van der Waals surface area (Å²) in [6.45, 7) is 2.02. The standard InChI is InChI=1S/C28H28N4O3/c1-18-25(17-29-27(34)24-15-14-20-10-4-6-12-22(20)30-24)32-28(35-18)21-11-5-7-13-23(21)31-26(33)16-19-8-2-3-9-19/h4-7,10-15,19H,2-3,8-9,16-17H2,1H3,(H,29,34)(H,31,33). The van der Waals surface area contributed by atoms with Gasteiger partial charge in [-0.05, 0) is 49.9 Å². The molecule has 5 rings (SSSR count). The Hall–Kier alpha value is -4.00. The van der Waals surface area contributed by atoms with E-state index in [1.807, 2.05) is 61.5 Å². The number of amides is 2. The molecule has 0 bridgehead atoms. The molecule has 2 aromatic carbocycles. The number of aromatic nitrogens is 2. The number of benzene rings is 2. The number of hydrogen-bond acceptors (Lipinski definition) is 5. The maximum absolute atomic E-state index is 12.7. The molecule has 1 aliphatic rings. The number of nitrogens with one attached hydrogen (secondary N) is 2. The molecular formula is C28H28N4O3. The zero-order valence-electron chi connectivity index (χ0n) is 19.7. The number of pyridine rings is 1. The number of hydrogen-bond donors (Lipinski definition) is 2. The molecule has 2 heterocycles. The number of oxazole rings is 1. The molecule has 0 radical (unpaired) electrons. The van der Waals surface area contributed by atoms with Gasteiger partial charge in [-0.15, -0.1) is 0 Å². The van der Waals surface area contributed by atoms with Crippen molar-refractivity contribution in [3.05, 3.63) is 77.8 Å². The van der Waals surface area contributed by atoms with Gasteiger partial charge in [0.2, 0.25) is 11.8 Å². The summed E-state index contributed by atoms with van der Waals surface area (Å²) in [5, 5.41) is 6.89. The van der Waals surface area contributed by atoms with Crippen molar-refractivity contribution in [2.24, 2.45) is 5.92 Å². The predicted molar refractivity (Wildman–Crippen MR) is 135 cm³/mol. The predicted octanol–water partition coefficient (Wildman–Crippen LogP) is 5.65. The third-order valence-electron chi connectivity index (χ3n) is 6.52. The SMILES string of the molecule is Cc1oc(-c2ccccc2NC(=O)CC2CCCC2)nc1CNC(=O)c1ccc2ccccc2n1. The number of carbonyl (C=O) groups is 2. The lowest BCUT2D eigenvalue weighted by atomic mass is 10.0. The summed E-state index contributed by atoms with van der Waals surface area (Å²) in [4.78, 5) is 34.3. The highest BCUT2D eigenvalue weighted by molar-refractivity contribution is 5.95. The fourth-order valence-corrected chi connectivity index (χ4v) is 4.61. The minimum Gasteiger partial charge on any atom is -0.441 e. The monoisotopic (exact) mass is 468 g/mol. The topological polar surface area (TPSA) is 97.1 Å². The van der Waals surface area contributed by atoms with Gasteiger partial charge in [0.25, 0.3) is 5.91 Å². The van der Waals surface area contributed by atoms with Crippen LogP contribution in [0, 0.1) is 12.8 Å². The number of fused-ring (bicyclic) bond motifs is 1. The maximum atomic E-state index is 12.7. The molecule has 0 spiro atoms. The Balaban J connectivity index is 1.27. The van der Waals surface area contributed by atoms with Crippen molar-refractivity contribution >= 4 is 28.4 Å². The van der Waals surface area contributed by atoms with E-state index in [0.717, 1.165) is 23.7 Å². The Labute approximate surface area is 204 Å².